The lowest BCUT2D eigenvalue weighted by molar-refractivity contribution is -0.134. The lowest BCUT2D eigenvalue weighted by Gasteiger charge is -2.30. The summed E-state index contributed by atoms with van der Waals surface area (Å²) in [6.45, 7) is 7.68. The molecule has 1 amide bonds. The maximum atomic E-state index is 13.9. The van der Waals surface area contributed by atoms with Crippen LogP contribution in [0.4, 0.5) is 5.69 Å². The monoisotopic (exact) mass is 508 g/mol. The van der Waals surface area contributed by atoms with Gasteiger partial charge in [0.05, 0.1) is 49.1 Å². The van der Waals surface area contributed by atoms with Gasteiger partial charge in [0.2, 0.25) is 5.91 Å². The van der Waals surface area contributed by atoms with Crippen LogP contribution >= 0.6 is 11.8 Å². The van der Waals surface area contributed by atoms with Crippen LogP contribution in [0.3, 0.4) is 0 Å². The van der Waals surface area contributed by atoms with Gasteiger partial charge in [-0.05, 0) is 30.2 Å². The first kappa shape index (κ1) is 24.8. The minimum Gasteiger partial charge on any atom is -0.378 e. The van der Waals surface area contributed by atoms with Gasteiger partial charge in [0.1, 0.15) is 0 Å². The molecule has 0 saturated carbocycles. The number of ether oxygens (including phenoxy) is 2. The van der Waals surface area contributed by atoms with Gasteiger partial charge in [0.25, 0.3) is 5.56 Å². The van der Waals surface area contributed by atoms with Gasteiger partial charge in [-0.25, -0.2) is 4.98 Å². The Kier molecular flexibility index (Phi) is 7.89. The molecule has 0 spiro atoms. The molecule has 0 aliphatic carbocycles. The summed E-state index contributed by atoms with van der Waals surface area (Å²) in [7, 11) is 0. The number of thioether (sulfide) groups is 1. The molecule has 2 aliphatic rings. The second-order valence-electron chi connectivity index (χ2n) is 9.02. The van der Waals surface area contributed by atoms with Gasteiger partial charge in [-0.2, -0.15) is 0 Å². The van der Waals surface area contributed by atoms with Crippen molar-refractivity contribution in [3.63, 3.8) is 0 Å². The molecule has 0 N–H and O–H groups in total. The maximum Gasteiger partial charge on any atom is 0.262 e. The zero-order valence-corrected chi connectivity index (χ0v) is 21.4. The average molecular weight is 509 g/mol. The zero-order chi connectivity index (χ0) is 24.9. The highest BCUT2D eigenvalue weighted by Crippen LogP contribution is 2.28. The van der Waals surface area contributed by atoms with E-state index in [1.54, 1.807) is 4.57 Å². The highest BCUT2D eigenvalue weighted by atomic mass is 32.2. The summed E-state index contributed by atoms with van der Waals surface area (Å²) in [5, 5.41) is 0.845. The molecule has 1 atom stereocenters. The van der Waals surface area contributed by atoms with Crippen molar-refractivity contribution in [2.45, 2.75) is 30.3 Å². The summed E-state index contributed by atoms with van der Waals surface area (Å²) >= 11 is 1.39. The van der Waals surface area contributed by atoms with Crippen molar-refractivity contribution in [3.05, 3.63) is 64.4 Å². The van der Waals surface area contributed by atoms with E-state index in [0.717, 1.165) is 24.3 Å². The number of nitrogens with zero attached hydrogens (tertiary/aromatic N) is 4. The first-order valence-corrected chi connectivity index (χ1v) is 13.5. The summed E-state index contributed by atoms with van der Waals surface area (Å²) in [6.07, 6.45) is 0.649. The Hall–Kier alpha value is -2.88. The van der Waals surface area contributed by atoms with E-state index >= 15 is 0 Å². The fraction of sp³-hybridized carbons (Fsp3) is 0.444. The lowest BCUT2D eigenvalue weighted by Crippen LogP contribution is -2.44. The molecule has 9 heteroatoms. The van der Waals surface area contributed by atoms with Crippen LogP contribution in [0.2, 0.25) is 0 Å². The fourth-order valence-electron chi connectivity index (χ4n) is 4.63. The highest BCUT2D eigenvalue weighted by Gasteiger charge is 2.27. The molecule has 1 aromatic heterocycles. The van der Waals surface area contributed by atoms with E-state index < -0.39 is 0 Å². The largest absolute Gasteiger partial charge is 0.378 e. The third kappa shape index (κ3) is 5.43. The molecule has 0 radical (unpaired) electrons. The van der Waals surface area contributed by atoms with Crippen molar-refractivity contribution in [3.8, 4) is 0 Å². The van der Waals surface area contributed by atoms with Crippen LogP contribution in [0, 0.1) is 0 Å². The van der Waals surface area contributed by atoms with Crippen molar-refractivity contribution in [1.29, 1.82) is 0 Å². The molecule has 0 bridgehead atoms. The topological polar surface area (TPSA) is 76.9 Å². The Morgan fingerprint density at radius 3 is 2.39 bits per heavy atom. The molecule has 2 aromatic carbocycles. The Morgan fingerprint density at radius 2 is 1.69 bits per heavy atom. The SMILES string of the molecule is CC[C@@H](Sc1nc2ccc(N3CCOCC3)cc2c(=O)n1Cc1ccccc1)C(=O)N1CCOCC1. The number of hydrogen-bond acceptors (Lipinski definition) is 7. The molecule has 3 heterocycles. The number of aromatic nitrogens is 2. The highest BCUT2D eigenvalue weighted by molar-refractivity contribution is 8.00. The minimum absolute atomic E-state index is 0.0778. The lowest BCUT2D eigenvalue weighted by atomic mass is 10.2. The molecule has 5 rings (SSSR count). The molecule has 2 saturated heterocycles. The number of fused-ring (bicyclic) bond motifs is 1. The van der Waals surface area contributed by atoms with E-state index in [1.807, 2.05) is 60.4 Å². The van der Waals surface area contributed by atoms with E-state index in [4.69, 9.17) is 14.5 Å². The first-order valence-electron chi connectivity index (χ1n) is 12.6. The van der Waals surface area contributed by atoms with Gasteiger partial charge >= 0.3 is 0 Å². The van der Waals surface area contributed by atoms with Gasteiger partial charge in [0.15, 0.2) is 5.16 Å². The number of hydrogen-bond donors (Lipinski definition) is 0. The molecule has 0 unspecified atom stereocenters. The van der Waals surface area contributed by atoms with Gasteiger partial charge in [-0.15, -0.1) is 0 Å². The summed E-state index contributed by atoms with van der Waals surface area (Å²) in [4.78, 5) is 36.2. The number of carbonyl (C=O) groups is 1. The zero-order valence-electron chi connectivity index (χ0n) is 20.6. The normalized spacial score (nSPS) is 17.4. The molecule has 8 nitrogen and oxygen atoms in total. The smallest absolute Gasteiger partial charge is 0.262 e. The van der Waals surface area contributed by atoms with Gasteiger partial charge < -0.3 is 19.3 Å². The van der Waals surface area contributed by atoms with Crippen molar-refractivity contribution in [2.24, 2.45) is 0 Å². The standard InChI is InChI=1S/C27H32N4O4S/c1-2-24(26(33)30-12-16-35-17-13-30)36-27-28-23-9-8-21(29-10-14-34-15-11-29)18-22(23)25(32)31(27)19-20-6-4-3-5-7-20/h3-9,18,24H,2,10-17,19H2,1H3/t24-/m1/s1. The molecule has 190 valence electrons. The van der Waals surface area contributed by atoms with Gasteiger partial charge in [-0.1, -0.05) is 49.0 Å². The second-order valence-corrected chi connectivity index (χ2v) is 10.2. The van der Waals surface area contributed by atoms with E-state index in [2.05, 4.69) is 4.90 Å². The first-order chi connectivity index (χ1) is 17.6. The van der Waals surface area contributed by atoms with Crippen molar-refractivity contribution >= 4 is 34.3 Å². The number of anilines is 1. The number of morpholine rings is 2. The summed E-state index contributed by atoms with van der Waals surface area (Å²) < 4.78 is 12.6. The third-order valence-corrected chi connectivity index (χ3v) is 8.02. The van der Waals surface area contributed by atoms with Crippen LogP contribution in [0.25, 0.3) is 10.9 Å². The quantitative estimate of drug-likeness (QED) is 0.359. The fourth-order valence-corrected chi connectivity index (χ4v) is 5.72. The van der Waals surface area contributed by atoms with E-state index in [0.29, 0.717) is 68.5 Å². The van der Waals surface area contributed by atoms with Crippen LogP contribution < -0.4 is 10.5 Å². The number of benzene rings is 2. The van der Waals surface area contributed by atoms with Gasteiger partial charge in [0, 0.05) is 31.9 Å². The number of carbonyl (C=O) groups excluding carboxylic acids is 1. The number of amides is 1. The molecular weight excluding hydrogens is 476 g/mol. The molecule has 2 aliphatic heterocycles. The van der Waals surface area contributed by atoms with Gasteiger partial charge in [-0.3, -0.25) is 14.2 Å². The number of rotatable bonds is 7. The van der Waals surface area contributed by atoms with Crippen molar-refractivity contribution in [1.82, 2.24) is 14.5 Å². The predicted molar refractivity (Wildman–Crippen MR) is 142 cm³/mol. The minimum atomic E-state index is -0.318. The Balaban J connectivity index is 1.53. The van der Waals surface area contributed by atoms with Crippen molar-refractivity contribution in [2.75, 3.05) is 57.5 Å². The Labute approximate surface area is 215 Å². The van der Waals surface area contributed by atoms with Crippen LogP contribution in [0.1, 0.15) is 18.9 Å². The molecule has 36 heavy (non-hydrogen) atoms. The van der Waals surface area contributed by atoms with Crippen LogP contribution in [-0.4, -0.2) is 78.2 Å². The second kappa shape index (κ2) is 11.5. The molecular formula is C27H32N4O4S. The summed E-state index contributed by atoms with van der Waals surface area (Å²) in [5.74, 6) is 0.0778. The van der Waals surface area contributed by atoms with Crippen LogP contribution in [-0.2, 0) is 20.8 Å². The van der Waals surface area contributed by atoms with Crippen LogP contribution in [0.5, 0.6) is 0 Å². The molecule has 2 fully saturated rings. The van der Waals surface area contributed by atoms with Crippen molar-refractivity contribution < 1.29 is 14.3 Å². The van der Waals surface area contributed by atoms with E-state index in [1.165, 1.54) is 11.8 Å². The third-order valence-electron chi connectivity index (χ3n) is 6.68. The average Bonchev–Trinajstić information content (AvgIpc) is 2.94. The van der Waals surface area contributed by atoms with E-state index in [9.17, 15) is 9.59 Å². The van der Waals surface area contributed by atoms with E-state index in [-0.39, 0.29) is 16.7 Å². The predicted octanol–water partition coefficient (Wildman–Crippen LogP) is 3.01. The Bertz CT molecular complexity index is 1250. The molecule has 3 aromatic rings. The summed E-state index contributed by atoms with van der Waals surface area (Å²) in [5.41, 5.74) is 2.58. The maximum absolute atomic E-state index is 13.9. The Morgan fingerprint density at radius 1 is 1.00 bits per heavy atom. The van der Waals surface area contributed by atoms with Crippen LogP contribution in [0.15, 0.2) is 58.5 Å². The summed E-state index contributed by atoms with van der Waals surface area (Å²) in [6, 6.07) is 15.8.